The first-order valence-corrected chi connectivity index (χ1v) is 9.83. The number of benzene rings is 2. The highest BCUT2D eigenvalue weighted by Gasteiger charge is 2.22. The van der Waals surface area contributed by atoms with Gasteiger partial charge in [-0.2, -0.15) is 0 Å². The SMILES string of the molecule is CCCN(C(=O)c1ccccc1C)c1nnc(-c2cc(OC)cc(OC)c2)s1. The lowest BCUT2D eigenvalue weighted by Gasteiger charge is -2.19. The number of carbonyl (C=O) groups excluding carboxylic acids is 1. The van der Waals surface area contributed by atoms with Crippen LogP contribution in [0.25, 0.3) is 10.6 Å². The van der Waals surface area contributed by atoms with Crippen LogP contribution in [0, 0.1) is 6.92 Å². The van der Waals surface area contributed by atoms with E-state index in [0.29, 0.717) is 33.7 Å². The van der Waals surface area contributed by atoms with Crippen LogP contribution in [0.15, 0.2) is 42.5 Å². The molecule has 0 aliphatic heterocycles. The van der Waals surface area contributed by atoms with Gasteiger partial charge in [0.05, 0.1) is 14.2 Å². The van der Waals surface area contributed by atoms with Crippen molar-refractivity contribution in [3.8, 4) is 22.1 Å². The van der Waals surface area contributed by atoms with E-state index in [1.807, 2.05) is 50.2 Å². The minimum Gasteiger partial charge on any atom is -0.497 e. The number of amides is 1. The highest BCUT2D eigenvalue weighted by molar-refractivity contribution is 7.18. The summed E-state index contributed by atoms with van der Waals surface area (Å²) < 4.78 is 10.7. The summed E-state index contributed by atoms with van der Waals surface area (Å²) in [4.78, 5) is 14.8. The predicted molar refractivity (Wildman–Crippen MR) is 112 cm³/mol. The van der Waals surface area contributed by atoms with Gasteiger partial charge in [-0.3, -0.25) is 9.69 Å². The van der Waals surface area contributed by atoms with Crippen molar-refractivity contribution in [2.75, 3.05) is 25.7 Å². The molecule has 7 heteroatoms. The molecule has 3 rings (SSSR count). The van der Waals surface area contributed by atoms with Crippen molar-refractivity contribution < 1.29 is 14.3 Å². The summed E-state index contributed by atoms with van der Waals surface area (Å²) in [6.45, 7) is 4.54. The van der Waals surface area contributed by atoms with Crippen molar-refractivity contribution in [3.63, 3.8) is 0 Å². The highest BCUT2D eigenvalue weighted by atomic mass is 32.1. The predicted octanol–water partition coefficient (Wildman–Crippen LogP) is 4.59. The van der Waals surface area contributed by atoms with Gasteiger partial charge in [-0.1, -0.05) is 36.5 Å². The fraction of sp³-hybridized carbons (Fsp3) is 0.286. The van der Waals surface area contributed by atoms with Gasteiger partial charge in [0.2, 0.25) is 5.13 Å². The molecule has 0 radical (unpaired) electrons. The first-order chi connectivity index (χ1) is 13.6. The third-order valence-corrected chi connectivity index (χ3v) is 5.31. The Labute approximate surface area is 168 Å². The molecule has 0 fully saturated rings. The molecule has 0 N–H and O–H groups in total. The lowest BCUT2D eigenvalue weighted by Crippen LogP contribution is -2.32. The highest BCUT2D eigenvalue weighted by Crippen LogP contribution is 2.34. The average molecular weight is 398 g/mol. The molecule has 0 saturated heterocycles. The number of aromatic nitrogens is 2. The Morgan fingerprint density at radius 1 is 1.07 bits per heavy atom. The fourth-order valence-electron chi connectivity index (χ4n) is 2.84. The van der Waals surface area contributed by atoms with Gasteiger partial charge in [0.15, 0.2) is 0 Å². The van der Waals surface area contributed by atoms with Crippen LogP contribution < -0.4 is 14.4 Å². The van der Waals surface area contributed by atoms with E-state index in [4.69, 9.17) is 9.47 Å². The van der Waals surface area contributed by atoms with Gasteiger partial charge in [-0.15, -0.1) is 10.2 Å². The molecule has 0 aliphatic carbocycles. The zero-order valence-corrected chi connectivity index (χ0v) is 17.2. The van der Waals surface area contributed by atoms with Gasteiger partial charge in [-0.25, -0.2) is 0 Å². The van der Waals surface area contributed by atoms with Crippen LogP contribution in [0.5, 0.6) is 11.5 Å². The molecular weight excluding hydrogens is 374 g/mol. The van der Waals surface area contributed by atoms with E-state index >= 15 is 0 Å². The number of anilines is 1. The lowest BCUT2D eigenvalue weighted by molar-refractivity contribution is 0.0986. The minimum atomic E-state index is -0.0640. The van der Waals surface area contributed by atoms with Crippen LogP contribution in [-0.2, 0) is 0 Å². The first kappa shape index (κ1) is 19.8. The van der Waals surface area contributed by atoms with Crippen molar-refractivity contribution in [1.82, 2.24) is 10.2 Å². The Morgan fingerprint density at radius 2 is 1.75 bits per heavy atom. The van der Waals surface area contributed by atoms with E-state index in [9.17, 15) is 4.79 Å². The van der Waals surface area contributed by atoms with E-state index < -0.39 is 0 Å². The number of ether oxygens (including phenoxy) is 2. The topological polar surface area (TPSA) is 64.6 Å². The van der Waals surface area contributed by atoms with Gasteiger partial charge in [0.25, 0.3) is 5.91 Å². The fourth-order valence-corrected chi connectivity index (χ4v) is 3.69. The summed E-state index contributed by atoms with van der Waals surface area (Å²) in [6.07, 6.45) is 0.819. The molecule has 6 nitrogen and oxygen atoms in total. The molecule has 0 saturated carbocycles. The Hall–Kier alpha value is -2.93. The molecular formula is C21H23N3O3S. The Kier molecular flexibility index (Phi) is 6.26. The molecule has 146 valence electrons. The van der Waals surface area contributed by atoms with Crippen LogP contribution in [0.4, 0.5) is 5.13 Å². The Balaban J connectivity index is 1.96. The Bertz CT molecular complexity index is 949. The van der Waals surface area contributed by atoms with Crippen LogP contribution >= 0.6 is 11.3 Å². The molecule has 0 aliphatic rings. The van der Waals surface area contributed by atoms with Crippen LogP contribution in [-0.4, -0.2) is 36.9 Å². The normalized spacial score (nSPS) is 10.6. The molecule has 28 heavy (non-hydrogen) atoms. The largest absolute Gasteiger partial charge is 0.497 e. The van der Waals surface area contributed by atoms with Gasteiger partial charge >= 0.3 is 0 Å². The average Bonchev–Trinajstić information content (AvgIpc) is 3.21. The summed E-state index contributed by atoms with van der Waals surface area (Å²) in [7, 11) is 3.21. The minimum absolute atomic E-state index is 0.0640. The maximum Gasteiger partial charge on any atom is 0.260 e. The van der Waals surface area contributed by atoms with E-state index in [0.717, 1.165) is 17.5 Å². The van der Waals surface area contributed by atoms with Gasteiger partial charge in [0, 0.05) is 23.7 Å². The number of nitrogens with zero attached hydrogens (tertiary/aromatic N) is 3. The third kappa shape index (κ3) is 4.14. The van der Waals surface area contributed by atoms with E-state index in [-0.39, 0.29) is 5.91 Å². The maximum absolute atomic E-state index is 13.1. The number of hydrogen-bond donors (Lipinski definition) is 0. The zero-order valence-electron chi connectivity index (χ0n) is 16.4. The molecule has 1 heterocycles. The van der Waals surface area contributed by atoms with Gasteiger partial charge < -0.3 is 9.47 Å². The summed E-state index contributed by atoms with van der Waals surface area (Å²) in [6, 6.07) is 13.1. The van der Waals surface area contributed by atoms with Gasteiger partial charge in [0.1, 0.15) is 16.5 Å². The van der Waals surface area contributed by atoms with Crippen LogP contribution in [0.2, 0.25) is 0 Å². The number of aryl methyl sites for hydroxylation is 1. The molecule has 2 aromatic carbocycles. The van der Waals surface area contributed by atoms with Crippen molar-refractivity contribution >= 4 is 22.4 Å². The molecule has 0 bridgehead atoms. The van der Waals surface area contributed by atoms with Gasteiger partial charge in [-0.05, 0) is 37.1 Å². The number of methoxy groups -OCH3 is 2. The standard InChI is InChI=1S/C21H23N3O3S/c1-5-10-24(20(25)18-9-7-6-8-14(18)2)21-23-22-19(28-21)15-11-16(26-3)13-17(12-15)27-4/h6-9,11-13H,5,10H2,1-4H3. The smallest absolute Gasteiger partial charge is 0.260 e. The van der Waals surface area contributed by atoms with Crippen molar-refractivity contribution in [1.29, 1.82) is 0 Å². The first-order valence-electron chi connectivity index (χ1n) is 9.01. The second-order valence-corrected chi connectivity index (χ2v) is 7.22. The quantitative estimate of drug-likeness (QED) is 0.583. The lowest BCUT2D eigenvalue weighted by atomic mass is 10.1. The summed E-state index contributed by atoms with van der Waals surface area (Å²) >= 11 is 1.37. The van der Waals surface area contributed by atoms with E-state index in [1.54, 1.807) is 25.2 Å². The van der Waals surface area contributed by atoms with Crippen molar-refractivity contribution in [2.45, 2.75) is 20.3 Å². The van der Waals surface area contributed by atoms with Crippen LogP contribution in [0.1, 0.15) is 29.3 Å². The zero-order chi connectivity index (χ0) is 20.1. The molecule has 1 aromatic heterocycles. The molecule has 1 amide bonds. The van der Waals surface area contributed by atoms with E-state index in [1.165, 1.54) is 11.3 Å². The second kappa shape index (κ2) is 8.84. The van der Waals surface area contributed by atoms with Crippen molar-refractivity contribution in [2.24, 2.45) is 0 Å². The summed E-state index contributed by atoms with van der Waals surface area (Å²) in [5, 5.41) is 9.87. The van der Waals surface area contributed by atoms with Crippen molar-refractivity contribution in [3.05, 3.63) is 53.6 Å². The number of hydrogen-bond acceptors (Lipinski definition) is 6. The maximum atomic E-state index is 13.1. The monoisotopic (exact) mass is 397 g/mol. The molecule has 0 unspecified atom stereocenters. The molecule has 3 aromatic rings. The third-order valence-electron chi connectivity index (χ3n) is 4.31. The molecule has 0 atom stereocenters. The molecule has 0 spiro atoms. The number of rotatable bonds is 7. The summed E-state index contributed by atoms with van der Waals surface area (Å²) in [5.41, 5.74) is 2.45. The summed E-state index contributed by atoms with van der Waals surface area (Å²) in [5.74, 6) is 1.28. The van der Waals surface area contributed by atoms with E-state index in [2.05, 4.69) is 10.2 Å². The number of carbonyl (C=O) groups is 1. The second-order valence-electron chi connectivity index (χ2n) is 6.26. The van der Waals surface area contributed by atoms with Crippen LogP contribution in [0.3, 0.4) is 0 Å². The Morgan fingerprint density at radius 3 is 2.36 bits per heavy atom.